The number of benzene rings is 2. The summed E-state index contributed by atoms with van der Waals surface area (Å²) < 4.78 is 11.4. The second kappa shape index (κ2) is 8.37. The molecule has 1 heterocycles. The molecule has 2 aromatic rings. The zero-order chi connectivity index (χ0) is 19.6. The highest BCUT2D eigenvalue weighted by Gasteiger charge is 2.30. The molecular formula is C19H16BrClN2O3S. The van der Waals surface area contributed by atoms with Crippen molar-refractivity contribution in [2.24, 2.45) is 4.99 Å². The molecule has 5 nitrogen and oxygen atoms in total. The number of thioether (sulfide) groups is 1. The van der Waals surface area contributed by atoms with Crippen LogP contribution in [0, 0.1) is 0 Å². The number of methoxy groups -OCH3 is 2. The van der Waals surface area contributed by atoms with Crippen LogP contribution in [-0.2, 0) is 4.79 Å². The molecule has 0 aromatic heterocycles. The van der Waals surface area contributed by atoms with Crippen molar-refractivity contribution < 1.29 is 14.3 Å². The normalized spacial score (nSPS) is 17.1. The van der Waals surface area contributed by atoms with Crippen LogP contribution in [0.4, 0.5) is 5.69 Å². The van der Waals surface area contributed by atoms with Crippen LogP contribution in [0.25, 0.3) is 6.08 Å². The maximum absolute atomic E-state index is 12.6. The number of ether oxygens (including phenoxy) is 2. The molecule has 0 bridgehead atoms. The van der Waals surface area contributed by atoms with Gasteiger partial charge in [0.1, 0.15) is 0 Å². The first kappa shape index (κ1) is 19.8. The number of nitrogens with zero attached hydrogens (tertiary/aromatic N) is 2. The van der Waals surface area contributed by atoms with Crippen molar-refractivity contribution in [1.29, 1.82) is 0 Å². The fourth-order valence-corrected chi connectivity index (χ4v) is 4.18. The predicted molar refractivity (Wildman–Crippen MR) is 114 cm³/mol. The minimum atomic E-state index is -0.112. The minimum absolute atomic E-state index is 0.112. The number of carbonyl (C=O) groups is 1. The van der Waals surface area contributed by atoms with E-state index < -0.39 is 0 Å². The zero-order valence-electron chi connectivity index (χ0n) is 14.8. The number of likely N-dealkylation sites (N-methyl/N-ethyl adjacent to an activating group) is 1. The van der Waals surface area contributed by atoms with Crippen LogP contribution in [0.5, 0.6) is 11.5 Å². The average Bonchev–Trinajstić information content (AvgIpc) is 2.91. The Morgan fingerprint density at radius 3 is 2.52 bits per heavy atom. The molecule has 1 amide bonds. The summed E-state index contributed by atoms with van der Waals surface area (Å²) in [5.74, 6) is 1.07. The molecule has 2 aromatic carbocycles. The van der Waals surface area contributed by atoms with Crippen molar-refractivity contribution >= 4 is 62.1 Å². The summed E-state index contributed by atoms with van der Waals surface area (Å²) in [6.45, 7) is 0. The molecular weight excluding hydrogens is 452 g/mol. The number of carbonyl (C=O) groups excluding carboxylic acids is 1. The zero-order valence-corrected chi connectivity index (χ0v) is 18.0. The van der Waals surface area contributed by atoms with Gasteiger partial charge >= 0.3 is 0 Å². The van der Waals surface area contributed by atoms with Crippen LogP contribution in [-0.4, -0.2) is 37.2 Å². The number of amides is 1. The van der Waals surface area contributed by atoms with E-state index in [-0.39, 0.29) is 5.91 Å². The molecule has 0 saturated carbocycles. The Morgan fingerprint density at radius 2 is 1.89 bits per heavy atom. The highest BCUT2D eigenvalue weighted by atomic mass is 79.9. The Hall–Kier alpha value is -1.96. The number of rotatable bonds is 4. The molecule has 27 heavy (non-hydrogen) atoms. The van der Waals surface area contributed by atoms with Crippen LogP contribution in [0.15, 0.2) is 50.8 Å². The van der Waals surface area contributed by atoms with Gasteiger partial charge in [-0.1, -0.05) is 11.6 Å². The molecule has 140 valence electrons. The monoisotopic (exact) mass is 466 g/mol. The van der Waals surface area contributed by atoms with Gasteiger partial charge < -0.3 is 9.47 Å². The molecule has 0 atom stereocenters. The fraction of sp³-hybridized carbons (Fsp3) is 0.158. The Kier molecular flexibility index (Phi) is 6.14. The van der Waals surface area contributed by atoms with Crippen molar-refractivity contribution in [2.75, 3.05) is 21.3 Å². The maximum atomic E-state index is 12.6. The summed E-state index contributed by atoms with van der Waals surface area (Å²) in [4.78, 5) is 19.2. The van der Waals surface area contributed by atoms with E-state index in [0.29, 0.717) is 26.6 Å². The van der Waals surface area contributed by atoms with Gasteiger partial charge in [-0.05, 0) is 75.7 Å². The molecule has 1 aliphatic heterocycles. The molecule has 1 fully saturated rings. The molecule has 0 N–H and O–H groups in total. The second-order valence-corrected chi connectivity index (χ2v) is 7.88. The topological polar surface area (TPSA) is 51.1 Å². The third-order valence-corrected chi connectivity index (χ3v) is 5.71. The van der Waals surface area contributed by atoms with Gasteiger partial charge in [0.25, 0.3) is 5.91 Å². The van der Waals surface area contributed by atoms with Gasteiger partial charge in [0.2, 0.25) is 0 Å². The Bertz CT molecular complexity index is 945. The van der Waals surface area contributed by atoms with E-state index in [9.17, 15) is 4.79 Å². The number of amidine groups is 1. The second-order valence-electron chi connectivity index (χ2n) is 5.58. The number of hydrogen-bond donors (Lipinski definition) is 0. The highest BCUT2D eigenvalue weighted by molar-refractivity contribution is 9.10. The fourth-order valence-electron chi connectivity index (χ4n) is 2.45. The van der Waals surface area contributed by atoms with Crippen molar-refractivity contribution in [1.82, 2.24) is 4.90 Å². The van der Waals surface area contributed by atoms with Gasteiger partial charge in [0.15, 0.2) is 16.7 Å². The summed E-state index contributed by atoms with van der Waals surface area (Å²) in [6.07, 6.45) is 1.81. The van der Waals surface area contributed by atoms with E-state index in [1.807, 2.05) is 12.1 Å². The summed E-state index contributed by atoms with van der Waals surface area (Å²) in [5.41, 5.74) is 1.55. The third-order valence-electron chi connectivity index (χ3n) is 3.81. The highest BCUT2D eigenvalue weighted by Crippen LogP contribution is 2.39. The third kappa shape index (κ3) is 4.31. The Balaban J connectivity index is 1.93. The van der Waals surface area contributed by atoms with Gasteiger partial charge in [0, 0.05) is 12.1 Å². The van der Waals surface area contributed by atoms with Crippen molar-refractivity contribution in [3.05, 3.63) is 56.4 Å². The lowest BCUT2D eigenvalue weighted by Gasteiger charge is -2.10. The molecule has 0 aliphatic carbocycles. The van der Waals surface area contributed by atoms with Gasteiger partial charge in [-0.25, -0.2) is 4.99 Å². The van der Waals surface area contributed by atoms with E-state index in [4.69, 9.17) is 21.1 Å². The van der Waals surface area contributed by atoms with Crippen LogP contribution in [0.2, 0.25) is 5.02 Å². The van der Waals surface area contributed by atoms with Crippen LogP contribution in [0.1, 0.15) is 5.56 Å². The van der Waals surface area contributed by atoms with Gasteiger partial charge in [0.05, 0.1) is 29.3 Å². The standard InChI is InChI=1S/C19H16BrClN2O3S/c1-23-18(24)16(27-19(23)22-13-6-4-12(21)5-7-13)10-11-8-14(20)17(26-3)15(9-11)25-2/h4-10H,1-3H3. The van der Waals surface area contributed by atoms with E-state index in [2.05, 4.69) is 20.9 Å². The number of aliphatic imine (C=N–C) groups is 1. The number of hydrogen-bond acceptors (Lipinski definition) is 5. The molecule has 1 saturated heterocycles. The summed E-state index contributed by atoms with van der Waals surface area (Å²) in [5, 5.41) is 1.25. The van der Waals surface area contributed by atoms with Crippen molar-refractivity contribution in [2.45, 2.75) is 0 Å². The minimum Gasteiger partial charge on any atom is -0.493 e. The van der Waals surface area contributed by atoms with Crippen LogP contribution >= 0.6 is 39.3 Å². The molecule has 0 unspecified atom stereocenters. The predicted octanol–water partition coefficient (Wildman–Crippen LogP) is 5.35. The maximum Gasteiger partial charge on any atom is 0.266 e. The molecule has 8 heteroatoms. The average molecular weight is 468 g/mol. The van der Waals surface area contributed by atoms with Crippen molar-refractivity contribution in [3.63, 3.8) is 0 Å². The van der Waals surface area contributed by atoms with Crippen molar-refractivity contribution in [3.8, 4) is 11.5 Å². The van der Waals surface area contributed by atoms with E-state index in [1.54, 1.807) is 51.6 Å². The first-order chi connectivity index (χ1) is 12.9. The van der Waals surface area contributed by atoms with Crippen LogP contribution < -0.4 is 9.47 Å². The summed E-state index contributed by atoms with van der Waals surface area (Å²) in [6, 6.07) is 10.8. The van der Waals surface area contributed by atoms with Gasteiger partial charge in [-0.2, -0.15) is 0 Å². The SMILES string of the molecule is COc1cc(C=C2SC(=Nc3ccc(Cl)cc3)N(C)C2=O)cc(Br)c1OC. The largest absolute Gasteiger partial charge is 0.493 e. The Labute approximate surface area is 175 Å². The Morgan fingerprint density at radius 1 is 1.19 bits per heavy atom. The first-order valence-electron chi connectivity index (χ1n) is 7.86. The lowest BCUT2D eigenvalue weighted by Crippen LogP contribution is -2.23. The van der Waals surface area contributed by atoms with Gasteiger partial charge in [-0.3, -0.25) is 9.69 Å². The lowest BCUT2D eigenvalue weighted by molar-refractivity contribution is -0.121. The van der Waals surface area contributed by atoms with E-state index >= 15 is 0 Å². The quantitative estimate of drug-likeness (QED) is 0.569. The molecule has 0 radical (unpaired) electrons. The van der Waals surface area contributed by atoms with E-state index in [0.717, 1.165) is 15.7 Å². The molecule has 3 rings (SSSR count). The van der Waals surface area contributed by atoms with Crippen LogP contribution in [0.3, 0.4) is 0 Å². The van der Waals surface area contributed by atoms with Gasteiger partial charge in [-0.15, -0.1) is 0 Å². The first-order valence-corrected chi connectivity index (χ1v) is 9.85. The molecule has 0 spiro atoms. The summed E-state index contributed by atoms with van der Waals surface area (Å²) >= 11 is 10.7. The summed E-state index contributed by atoms with van der Waals surface area (Å²) in [7, 11) is 4.85. The van der Waals surface area contributed by atoms with E-state index in [1.165, 1.54) is 16.7 Å². The lowest BCUT2D eigenvalue weighted by atomic mass is 10.2. The smallest absolute Gasteiger partial charge is 0.266 e. The number of halogens is 2. The molecule has 1 aliphatic rings.